The molecule has 0 bridgehead atoms. The molecule has 1 saturated heterocycles. The fourth-order valence-corrected chi connectivity index (χ4v) is 2.65. The predicted molar refractivity (Wildman–Crippen MR) is 95.0 cm³/mol. The van der Waals surface area contributed by atoms with E-state index in [4.69, 9.17) is 4.74 Å². The number of rotatable bonds is 5. The van der Waals surface area contributed by atoms with Gasteiger partial charge in [-0.25, -0.2) is 4.79 Å². The quantitative estimate of drug-likeness (QED) is 0.804. The predicted octanol–water partition coefficient (Wildman–Crippen LogP) is 2.31. The molecule has 3 rings (SSSR count). The van der Waals surface area contributed by atoms with Crippen LogP contribution in [0.25, 0.3) is 0 Å². The first-order valence-corrected chi connectivity index (χ1v) is 8.19. The number of anilines is 2. The minimum atomic E-state index is -0.650. The lowest BCUT2D eigenvalue weighted by molar-refractivity contribution is -0.119. The van der Waals surface area contributed by atoms with Crippen LogP contribution in [0.5, 0.6) is 5.75 Å². The van der Waals surface area contributed by atoms with Crippen molar-refractivity contribution in [2.24, 2.45) is 0 Å². The average Bonchev–Trinajstić information content (AvgIpc) is 3.07. The van der Waals surface area contributed by atoms with Crippen molar-refractivity contribution in [2.75, 3.05) is 23.4 Å². The van der Waals surface area contributed by atoms with Crippen LogP contribution in [0.1, 0.15) is 23.2 Å². The number of benzene rings is 2. The van der Waals surface area contributed by atoms with Crippen LogP contribution in [0.4, 0.5) is 11.4 Å². The Morgan fingerprint density at radius 2 is 1.77 bits per heavy atom. The summed E-state index contributed by atoms with van der Waals surface area (Å²) in [5, 5.41) is 11.8. The van der Waals surface area contributed by atoms with Crippen LogP contribution >= 0.6 is 0 Å². The molecule has 0 aliphatic carbocycles. The van der Waals surface area contributed by atoms with E-state index in [0.29, 0.717) is 18.7 Å². The molecule has 2 N–H and O–H groups in total. The van der Waals surface area contributed by atoms with Crippen molar-refractivity contribution in [3.8, 4) is 5.75 Å². The van der Waals surface area contributed by atoms with Crippen LogP contribution in [0, 0.1) is 0 Å². The zero-order valence-electron chi connectivity index (χ0n) is 14.0. The summed E-state index contributed by atoms with van der Waals surface area (Å²) < 4.78 is 4.94. The van der Waals surface area contributed by atoms with Gasteiger partial charge >= 0.3 is 5.97 Å². The number of phenolic OH excluding ortho intramolecular Hbond substituents is 1. The molecule has 1 heterocycles. The molecule has 2 aromatic carbocycles. The summed E-state index contributed by atoms with van der Waals surface area (Å²) >= 11 is 0. The Bertz CT molecular complexity index is 815. The van der Waals surface area contributed by atoms with Gasteiger partial charge in [-0.05, 0) is 55.0 Å². The van der Waals surface area contributed by atoms with Gasteiger partial charge in [0, 0.05) is 24.3 Å². The van der Waals surface area contributed by atoms with Crippen LogP contribution in [-0.2, 0) is 14.3 Å². The Morgan fingerprint density at radius 1 is 1.08 bits per heavy atom. The molecule has 0 spiro atoms. The summed E-state index contributed by atoms with van der Waals surface area (Å²) in [6, 6.07) is 12.5. The lowest BCUT2D eigenvalue weighted by Gasteiger charge is -2.16. The van der Waals surface area contributed by atoms with E-state index in [1.807, 2.05) is 0 Å². The van der Waals surface area contributed by atoms with Crippen molar-refractivity contribution in [1.29, 1.82) is 0 Å². The number of esters is 1. The van der Waals surface area contributed by atoms with Crippen molar-refractivity contribution in [3.63, 3.8) is 0 Å². The number of hydrogen-bond acceptors (Lipinski definition) is 5. The molecule has 0 saturated carbocycles. The summed E-state index contributed by atoms with van der Waals surface area (Å²) in [6.07, 6.45) is 1.41. The molecular weight excluding hydrogens is 336 g/mol. The Morgan fingerprint density at radius 3 is 2.38 bits per heavy atom. The second-order valence-corrected chi connectivity index (χ2v) is 5.87. The molecule has 1 aliphatic heterocycles. The third kappa shape index (κ3) is 4.18. The normalized spacial score (nSPS) is 13.5. The smallest absolute Gasteiger partial charge is 0.338 e. The fourth-order valence-electron chi connectivity index (χ4n) is 2.65. The van der Waals surface area contributed by atoms with Crippen LogP contribution in [-0.4, -0.2) is 36.0 Å². The van der Waals surface area contributed by atoms with Gasteiger partial charge in [0.2, 0.25) is 5.91 Å². The first-order valence-electron chi connectivity index (χ1n) is 8.19. The van der Waals surface area contributed by atoms with E-state index in [0.717, 1.165) is 12.1 Å². The van der Waals surface area contributed by atoms with Gasteiger partial charge in [-0.3, -0.25) is 9.59 Å². The van der Waals surface area contributed by atoms with E-state index in [2.05, 4.69) is 5.32 Å². The maximum Gasteiger partial charge on any atom is 0.338 e. The molecule has 2 aromatic rings. The van der Waals surface area contributed by atoms with E-state index >= 15 is 0 Å². The number of amides is 2. The van der Waals surface area contributed by atoms with Gasteiger partial charge in [-0.15, -0.1) is 0 Å². The lowest BCUT2D eigenvalue weighted by Crippen LogP contribution is -2.23. The van der Waals surface area contributed by atoms with Gasteiger partial charge in [0.15, 0.2) is 6.61 Å². The van der Waals surface area contributed by atoms with E-state index in [1.54, 1.807) is 29.2 Å². The van der Waals surface area contributed by atoms with E-state index in [-0.39, 0.29) is 17.2 Å². The summed E-state index contributed by atoms with van der Waals surface area (Å²) in [7, 11) is 0. The van der Waals surface area contributed by atoms with Crippen LogP contribution in [0.15, 0.2) is 48.5 Å². The number of carbonyl (C=O) groups is 3. The number of nitrogens with one attached hydrogen (secondary N) is 1. The van der Waals surface area contributed by atoms with E-state index in [1.165, 1.54) is 24.3 Å². The minimum absolute atomic E-state index is 0.0402. The van der Waals surface area contributed by atoms with Gasteiger partial charge in [-0.2, -0.15) is 0 Å². The summed E-state index contributed by atoms with van der Waals surface area (Å²) in [5.41, 5.74) is 1.59. The molecule has 26 heavy (non-hydrogen) atoms. The molecule has 134 valence electrons. The van der Waals surface area contributed by atoms with Crippen molar-refractivity contribution in [1.82, 2.24) is 0 Å². The van der Waals surface area contributed by atoms with E-state index < -0.39 is 18.5 Å². The Labute approximate surface area is 150 Å². The minimum Gasteiger partial charge on any atom is -0.508 e. The number of aromatic hydroxyl groups is 1. The molecular formula is C19H18N2O5. The first kappa shape index (κ1) is 17.5. The molecule has 0 unspecified atom stereocenters. The monoisotopic (exact) mass is 354 g/mol. The maximum absolute atomic E-state index is 11.9. The number of carbonyl (C=O) groups excluding carboxylic acids is 3. The summed E-state index contributed by atoms with van der Waals surface area (Å²) in [6.45, 7) is 0.282. The molecule has 1 aliphatic rings. The molecule has 7 nitrogen and oxygen atoms in total. The van der Waals surface area contributed by atoms with Crippen molar-refractivity contribution in [3.05, 3.63) is 54.1 Å². The van der Waals surface area contributed by atoms with Gasteiger partial charge in [0.1, 0.15) is 5.75 Å². The summed E-state index contributed by atoms with van der Waals surface area (Å²) in [5.74, 6) is -0.980. The standard InChI is InChI=1S/C19H18N2O5/c22-16-9-3-13(4-10-16)19(25)26-12-17(23)20-14-5-7-15(8-6-14)21-11-1-2-18(21)24/h3-10,22H,1-2,11-12H2,(H,20,23). The second-order valence-electron chi connectivity index (χ2n) is 5.87. The molecule has 2 amide bonds. The van der Waals surface area contributed by atoms with Gasteiger partial charge in [-0.1, -0.05) is 0 Å². The van der Waals surface area contributed by atoms with Crippen molar-refractivity contribution >= 4 is 29.2 Å². The highest BCUT2D eigenvalue weighted by Crippen LogP contribution is 2.23. The number of nitrogens with zero attached hydrogens (tertiary/aromatic N) is 1. The van der Waals surface area contributed by atoms with Crippen molar-refractivity contribution in [2.45, 2.75) is 12.8 Å². The second kappa shape index (κ2) is 7.69. The molecule has 0 radical (unpaired) electrons. The first-order chi connectivity index (χ1) is 12.5. The number of ether oxygens (including phenoxy) is 1. The Hall–Kier alpha value is -3.35. The highest BCUT2D eigenvalue weighted by atomic mass is 16.5. The van der Waals surface area contributed by atoms with Crippen LogP contribution < -0.4 is 10.2 Å². The summed E-state index contributed by atoms with van der Waals surface area (Å²) in [4.78, 5) is 37.1. The van der Waals surface area contributed by atoms with Crippen molar-refractivity contribution < 1.29 is 24.2 Å². The third-order valence-corrected chi connectivity index (χ3v) is 3.97. The van der Waals surface area contributed by atoms with Crippen LogP contribution in [0.3, 0.4) is 0 Å². The highest BCUT2D eigenvalue weighted by molar-refractivity contribution is 5.97. The average molecular weight is 354 g/mol. The van der Waals surface area contributed by atoms with Gasteiger partial charge in [0.25, 0.3) is 5.91 Å². The fraction of sp³-hybridized carbons (Fsp3) is 0.211. The highest BCUT2D eigenvalue weighted by Gasteiger charge is 2.21. The maximum atomic E-state index is 11.9. The molecule has 7 heteroatoms. The van der Waals surface area contributed by atoms with E-state index in [9.17, 15) is 19.5 Å². The third-order valence-electron chi connectivity index (χ3n) is 3.97. The number of hydrogen-bond donors (Lipinski definition) is 2. The largest absolute Gasteiger partial charge is 0.508 e. The van der Waals surface area contributed by atoms with Gasteiger partial charge < -0.3 is 20.1 Å². The number of phenols is 1. The van der Waals surface area contributed by atoms with Gasteiger partial charge in [0.05, 0.1) is 5.56 Å². The Balaban J connectivity index is 1.50. The molecule has 1 fully saturated rings. The van der Waals surface area contributed by atoms with Crippen LogP contribution in [0.2, 0.25) is 0 Å². The topological polar surface area (TPSA) is 95.9 Å². The molecule has 0 aromatic heterocycles. The Kier molecular flexibility index (Phi) is 5.17. The molecule has 0 atom stereocenters. The zero-order chi connectivity index (χ0) is 18.5. The zero-order valence-corrected chi connectivity index (χ0v) is 14.0. The SMILES string of the molecule is O=C(COC(=O)c1ccc(O)cc1)Nc1ccc(N2CCCC2=O)cc1. The lowest BCUT2D eigenvalue weighted by atomic mass is 10.2.